The Kier molecular flexibility index (Phi) is 4.43. The van der Waals surface area contributed by atoms with Gasteiger partial charge in [0.15, 0.2) is 0 Å². The predicted octanol–water partition coefficient (Wildman–Crippen LogP) is 2.65. The summed E-state index contributed by atoms with van der Waals surface area (Å²) >= 11 is 0. The third kappa shape index (κ3) is 3.61. The van der Waals surface area contributed by atoms with Gasteiger partial charge in [0.1, 0.15) is 5.76 Å². The first kappa shape index (κ1) is 14.3. The molecule has 1 heterocycles. The lowest BCUT2D eigenvalue weighted by atomic mass is 10.0. The summed E-state index contributed by atoms with van der Waals surface area (Å²) in [4.78, 5) is 0. The quantitative estimate of drug-likeness (QED) is 0.915. The van der Waals surface area contributed by atoms with E-state index in [4.69, 9.17) is 10.3 Å². The smallest absolute Gasteiger partial charge is 0.361 e. The molecule has 1 aliphatic rings. The second kappa shape index (κ2) is 5.27. The Morgan fingerprint density at radius 1 is 1.47 bits per heavy atom. The van der Waals surface area contributed by atoms with Crippen molar-refractivity contribution in [3.8, 4) is 0 Å². The number of aromatic nitrogens is 1. The van der Waals surface area contributed by atoms with Crippen LogP contribution < -0.4 is 5.73 Å². The lowest BCUT2D eigenvalue weighted by Gasteiger charge is -2.16. The highest BCUT2D eigenvalue weighted by molar-refractivity contribution is 5.85. The molecule has 2 N–H and O–H groups in total. The van der Waals surface area contributed by atoms with Gasteiger partial charge in [0, 0.05) is 24.9 Å². The minimum absolute atomic E-state index is 0. The van der Waals surface area contributed by atoms with Crippen LogP contribution in [0.4, 0.5) is 13.2 Å². The van der Waals surface area contributed by atoms with Crippen molar-refractivity contribution in [2.75, 3.05) is 6.54 Å². The molecule has 7 heteroatoms. The zero-order valence-electron chi connectivity index (χ0n) is 9.04. The van der Waals surface area contributed by atoms with Gasteiger partial charge in [0.05, 0.1) is 11.6 Å². The van der Waals surface area contributed by atoms with Crippen molar-refractivity contribution >= 4 is 12.4 Å². The standard InChI is InChI=1S/C10H13F3N2O.ClH/c11-10(12,13)7(5-14)3-8-4-9(16-15-8)6-1-2-6;/h4,6-7H,1-3,5,14H2;1H. The lowest BCUT2D eigenvalue weighted by molar-refractivity contribution is -0.171. The highest BCUT2D eigenvalue weighted by atomic mass is 35.5. The normalized spacial score (nSPS) is 17.6. The molecular formula is C10H14ClF3N2O. The fraction of sp³-hybridized carbons (Fsp3) is 0.700. The molecule has 3 nitrogen and oxygen atoms in total. The van der Waals surface area contributed by atoms with E-state index in [9.17, 15) is 13.2 Å². The maximum Gasteiger partial charge on any atom is 0.393 e. The molecule has 17 heavy (non-hydrogen) atoms. The van der Waals surface area contributed by atoms with Gasteiger partial charge in [-0.15, -0.1) is 12.4 Å². The number of nitrogens with zero attached hydrogens (tertiary/aromatic N) is 1. The first-order valence-corrected chi connectivity index (χ1v) is 5.23. The SMILES string of the molecule is Cl.NCC(Cc1cc(C2CC2)on1)C(F)(F)F. The number of nitrogens with two attached hydrogens (primary N) is 1. The number of hydrogen-bond acceptors (Lipinski definition) is 3. The zero-order valence-corrected chi connectivity index (χ0v) is 9.85. The molecule has 2 rings (SSSR count). The molecule has 0 aliphatic heterocycles. The summed E-state index contributed by atoms with van der Waals surface area (Å²) in [5, 5.41) is 3.65. The minimum atomic E-state index is -4.27. The fourth-order valence-electron chi connectivity index (χ4n) is 1.57. The van der Waals surface area contributed by atoms with E-state index in [0.717, 1.165) is 12.8 Å². The summed E-state index contributed by atoms with van der Waals surface area (Å²) in [6.45, 7) is -0.422. The third-order valence-corrected chi connectivity index (χ3v) is 2.76. The first-order chi connectivity index (χ1) is 7.50. The maximum absolute atomic E-state index is 12.4. The van der Waals surface area contributed by atoms with Gasteiger partial charge >= 0.3 is 6.18 Å². The number of halogens is 4. The highest BCUT2D eigenvalue weighted by Crippen LogP contribution is 2.40. The predicted molar refractivity (Wildman–Crippen MR) is 58.0 cm³/mol. The average molecular weight is 271 g/mol. The first-order valence-electron chi connectivity index (χ1n) is 5.23. The second-order valence-corrected chi connectivity index (χ2v) is 4.17. The summed E-state index contributed by atoms with van der Waals surface area (Å²) in [6, 6.07) is 1.62. The monoisotopic (exact) mass is 270 g/mol. The Hall–Kier alpha value is -0.750. The van der Waals surface area contributed by atoms with Crippen LogP contribution in [0.5, 0.6) is 0 Å². The average Bonchev–Trinajstić information content (AvgIpc) is 2.94. The molecule has 98 valence electrons. The van der Waals surface area contributed by atoms with Crippen molar-refractivity contribution in [1.29, 1.82) is 0 Å². The Bertz CT molecular complexity index is 363. The van der Waals surface area contributed by atoms with Gasteiger partial charge in [-0.3, -0.25) is 0 Å². The van der Waals surface area contributed by atoms with Crippen LogP contribution in [0.15, 0.2) is 10.6 Å². The van der Waals surface area contributed by atoms with E-state index < -0.39 is 18.6 Å². The van der Waals surface area contributed by atoms with E-state index in [1.54, 1.807) is 6.07 Å². The molecule has 0 aromatic carbocycles. The largest absolute Gasteiger partial charge is 0.393 e. The molecule has 0 radical (unpaired) electrons. The van der Waals surface area contributed by atoms with E-state index in [0.29, 0.717) is 17.4 Å². The van der Waals surface area contributed by atoms with E-state index in [-0.39, 0.29) is 18.8 Å². The summed E-state index contributed by atoms with van der Waals surface area (Å²) in [5.74, 6) is -0.471. The van der Waals surface area contributed by atoms with E-state index in [2.05, 4.69) is 5.16 Å². The van der Waals surface area contributed by atoms with Crippen molar-refractivity contribution in [1.82, 2.24) is 5.16 Å². The van der Waals surface area contributed by atoms with Crippen LogP contribution in [0.25, 0.3) is 0 Å². The fourth-order valence-corrected chi connectivity index (χ4v) is 1.57. The molecule has 1 aromatic heterocycles. The van der Waals surface area contributed by atoms with Crippen LogP contribution in [0.3, 0.4) is 0 Å². The number of alkyl halides is 3. The molecule has 1 fully saturated rings. The van der Waals surface area contributed by atoms with Gasteiger partial charge in [-0.25, -0.2) is 0 Å². The Balaban J connectivity index is 0.00000144. The van der Waals surface area contributed by atoms with Crippen molar-refractivity contribution in [3.05, 3.63) is 17.5 Å². The molecule has 1 atom stereocenters. The van der Waals surface area contributed by atoms with Crippen molar-refractivity contribution in [2.45, 2.75) is 31.4 Å². The summed E-state index contributed by atoms with van der Waals surface area (Å²) in [5.41, 5.74) is 5.45. The number of rotatable bonds is 4. The van der Waals surface area contributed by atoms with Crippen LogP contribution in [0.2, 0.25) is 0 Å². The Morgan fingerprint density at radius 3 is 2.59 bits per heavy atom. The summed E-state index contributed by atoms with van der Waals surface area (Å²) in [7, 11) is 0. The molecule has 0 spiro atoms. The maximum atomic E-state index is 12.4. The van der Waals surface area contributed by atoms with Gasteiger partial charge in [-0.1, -0.05) is 5.16 Å². The Labute approximate surface area is 103 Å². The van der Waals surface area contributed by atoms with Crippen LogP contribution in [-0.2, 0) is 6.42 Å². The highest BCUT2D eigenvalue weighted by Gasteiger charge is 2.39. The lowest BCUT2D eigenvalue weighted by Crippen LogP contribution is -2.32. The van der Waals surface area contributed by atoms with Crippen LogP contribution in [-0.4, -0.2) is 17.9 Å². The molecule has 0 bridgehead atoms. The van der Waals surface area contributed by atoms with Crippen LogP contribution in [0.1, 0.15) is 30.2 Å². The van der Waals surface area contributed by atoms with E-state index in [1.165, 1.54) is 0 Å². The van der Waals surface area contributed by atoms with E-state index in [1.807, 2.05) is 0 Å². The molecular weight excluding hydrogens is 257 g/mol. The number of hydrogen-bond donors (Lipinski definition) is 1. The van der Waals surface area contributed by atoms with Gasteiger partial charge in [-0.2, -0.15) is 13.2 Å². The van der Waals surface area contributed by atoms with Crippen molar-refractivity contribution in [2.24, 2.45) is 11.7 Å². The summed E-state index contributed by atoms with van der Waals surface area (Å²) < 4.78 is 42.3. The molecule has 0 amide bonds. The van der Waals surface area contributed by atoms with Crippen LogP contribution >= 0.6 is 12.4 Å². The second-order valence-electron chi connectivity index (χ2n) is 4.17. The van der Waals surface area contributed by atoms with Crippen LogP contribution in [0, 0.1) is 5.92 Å². The molecule has 1 saturated carbocycles. The molecule has 1 aromatic rings. The van der Waals surface area contributed by atoms with E-state index >= 15 is 0 Å². The zero-order chi connectivity index (χ0) is 11.8. The van der Waals surface area contributed by atoms with Gasteiger partial charge < -0.3 is 10.3 Å². The van der Waals surface area contributed by atoms with Gasteiger partial charge in [0.2, 0.25) is 0 Å². The van der Waals surface area contributed by atoms with Gasteiger partial charge in [-0.05, 0) is 12.8 Å². The topological polar surface area (TPSA) is 52.0 Å². The van der Waals surface area contributed by atoms with Crippen molar-refractivity contribution < 1.29 is 17.7 Å². The molecule has 1 aliphatic carbocycles. The van der Waals surface area contributed by atoms with Crippen molar-refractivity contribution in [3.63, 3.8) is 0 Å². The molecule has 1 unspecified atom stereocenters. The third-order valence-electron chi connectivity index (χ3n) is 2.76. The summed E-state index contributed by atoms with van der Waals surface area (Å²) in [6.07, 6.45) is -2.40. The molecule has 0 saturated heterocycles. The van der Waals surface area contributed by atoms with Gasteiger partial charge in [0.25, 0.3) is 0 Å². The Morgan fingerprint density at radius 2 is 2.12 bits per heavy atom. The minimum Gasteiger partial charge on any atom is -0.361 e.